The largest absolute Gasteiger partial charge is 0.377 e. The number of nitrogens with zero attached hydrogens (tertiary/aromatic N) is 2. The van der Waals surface area contributed by atoms with Gasteiger partial charge in [-0.25, -0.2) is 4.39 Å². The van der Waals surface area contributed by atoms with Gasteiger partial charge in [0, 0.05) is 31.0 Å². The molecule has 4 nitrogen and oxygen atoms in total. The second-order valence-corrected chi connectivity index (χ2v) is 5.47. The molecule has 20 heavy (non-hydrogen) atoms. The number of benzene rings is 1. The second-order valence-electron chi connectivity index (χ2n) is 4.62. The van der Waals surface area contributed by atoms with Crippen molar-refractivity contribution in [3.05, 3.63) is 45.9 Å². The normalized spacial score (nSPS) is 12.4. The van der Waals surface area contributed by atoms with E-state index in [0.29, 0.717) is 11.0 Å². The van der Waals surface area contributed by atoms with Gasteiger partial charge in [0.25, 0.3) is 0 Å². The van der Waals surface area contributed by atoms with Crippen LogP contribution in [0.15, 0.2) is 28.9 Å². The predicted octanol–water partition coefficient (Wildman–Crippen LogP) is 3.00. The molecular formula is C14H18BrFN4. The van der Waals surface area contributed by atoms with Crippen molar-refractivity contribution in [1.82, 2.24) is 9.78 Å². The third-order valence-corrected chi connectivity index (χ3v) is 3.75. The maximum atomic E-state index is 13.3. The standard InChI is InChI=1S/C14H18BrFN4/c1-3-13-10(8-20(2)19-13)14(7-17)18-9-4-5-12(16)11(15)6-9/h4-6,8,14,18H,3,7,17H2,1-2H3. The molecule has 1 unspecified atom stereocenters. The van der Waals surface area contributed by atoms with Gasteiger partial charge in [-0.15, -0.1) is 0 Å². The van der Waals surface area contributed by atoms with Crippen molar-refractivity contribution >= 4 is 21.6 Å². The Hall–Kier alpha value is -1.40. The fraction of sp³-hybridized carbons (Fsp3) is 0.357. The number of nitrogens with one attached hydrogen (secondary N) is 1. The molecule has 1 atom stereocenters. The van der Waals surface area contributed by atoms with Crippen molar-refractivity contribution < 1.29 is 4.39 Å². The molecule has 0 aliphatic rings. The lowest BCUT2D eigenvalue weighted by Crippen LogP contribution is -2.21. The highest BCUT2D eigenvalue weighted by Gasteiger charge is 2.16. The summed E-state index contributed by atoms with van der Waals surface area (Å²) in [5, 5.41) is 7.75. The molecule has 6 heteroatoms. The van der Waals surface area contributed by atoms with Crippen molar-refractivity contribution in [2.75, 3.05) is 11.9 Å². The molecule has 1 aromatic heterocycles. The van der Waals surface area contributed by atoms with Gasteiger partial charge in [0.15, 0.2) is 0 Å². The molecule has 0 saturated heterocycles. The van der Waals surface area contributed by atoms with Crippen molar-refractivity contribution in [2.24, 2.45) is 12.8 Å². The van der Waals surface area contributed by atoms with Gasteiger partial charge in [0.2, 0.25) is 0 Å². The average Bonchev–Trinajstić information content (AvgIpc) is 2.81. The van der Waals surface area contributed by atoms with Gasteiger partial charge >= 0.3 is 0 Å². The second kappa shape index (κ2) is 6.37. The summed E-state index contributed by atoms with van der Waals surface area (Å²) >= 11 is 3.18. The Morgan fingerprint density at radius 3 is 2.85 bits per heavy atom. The van der Waals surface area contributed by atoms with Crippen LogP contribution in [-0.4, -0.2) is 16.3 Å². The molecule has 2 aromatic rings. The van der Waals surface area contributed by atoms with Crippen LogP contribution in [0.5, 0.6) is 0 Å². The lowest BCUT2D eigenvalue weighted by atomic mass is 10.1. The van der Waals surface area contributed by atoms with Gasteiger partial charge in [-0.05, 0) is 40.5 Å². The molecule has 1 heterocycles. The van der Waals surface area contributed by atoms with E-state index in [9.17, 15) is 4.39 Å². The fourth-order valence-electron chi connectivity index (χ4n) is 2.17. The van der Waals surface area contributed by atoms with Crippen LogP contribution in [0.2, 0.25) is 0 Å². The van der Waals surface area contributed by atoms with E-state index < -0.39 is 0 Å². The summed E-state index contributed by atoms with van der Waals surface area (Å²) in [4.78, 5) is 0. The van der Waals surface area contributed by atoms with E-state index in [0.717, 1.165) is 23.4 Å². The van der Waals surface area contributed by atoms with Gasteiger partial charge in [0.05, 0.1) is 16.2 Å². The smallest absolute Gasteiger partial charge is 0.137 e. The Morgan fingerprint density at radius 2 is 2.25 bits per heavy atom. The third-order valence-electron chi connectivity index (χ3n) is 3.14. The van der Waals surface area contributed by atoms with E-state index in [1.807, 2.05) is 13.2 Å². The number of rotatable bonds is 5. The minimum atomic E-state index is -0.282. The maximum Gasteiger partial charge on any atom is 0.137 e. The monoisotopic (exact) mass is 340 g/mol. The predicted molar refractivity (Wildman–Crippen MR) is 82.1 cm³/mol. The molecular weight excluding hydrogens is 323 g/mol. The molecule has 3 N–H and O–H groups in total. The molecule has 0 aliphatic heterocycles. The lowest BCUT2D eigenvalue weighted by molar-refractivity contribution is 0.621. The summed E-state index contributed by atoms with van der Waals surface area (Å²) in [6.07, 6.45) is 2.82. The summed E-state index contributed by atoms with van der Waals surface area (Å²) in [5.41, 5.74) is 8.79. The highest BCUT2D eigenvalue weighted by atomic mass is 79.9. The molecule has 0 saturated carbocycles. The van der Waals surface area contributed by atoms with E-state index >= 15 is 0 Å². The van der Waals surface area contributed by atoms with Crippen LogP contribution < -0.4 is 11.1 Å². The first-order valence-corrected chi connectivity index (χ1v) is 7.28. The quantitative estimate of drug-likeness (QED) is 0.879. The first-order valence-electron chi connectivity index (χ1n) is 6.49. The number of hydrogen-bond donors (Lipinski definition) is 2. The number of halogens is 2. The van der Waals surface area contributed by atoms with Crippen LogP contribution >= 0.6 is 15.9 Å². The highest BCUT2D eigenvalue weighted by Crippen LogP contribution is 2.25. The van der Waals surface area contributed by atoms with Crippen molar-refractivity contribution in [3.63, 3.8) is 0 Å². The maximum absolute atomic E-state index is 13.3. The van der Waals surface area contributed by atoms with Gasteiger partial charge in [-0.2, -0.15) is 5.10 Å². The lowest BCUT2D eigenvalue weighted by Gasteiger charge is -2.18. The Balaban J connectivity index is 2.26. The Morgan fingerprint density at radius 1 is 1.50 bits per heavy atom. The molecule has 0 bridgehead atoms. The van der Waals surface area contributed by atoms with Gasteiger partial charge in [-0.3, -0.25) is 4.68 Å². The fourth-order valence-corrected chi connectivity index (χ4v) is 2.55. The number of anilines is 1. The van der Waals surface area contributed by atoms with Gasteiger partial charge < -0.3 is 11.1 Å². The first kappa shape index (κ1) is 15.0. The first-order chi connectivity index (χ1) is 9.55. The Bertz CT molecular complexity index is 597. The number of aromatic nitrogens is 2. The van der Waals surface area contributed by atoms with Crippen molar-refractivity contribution in [2.45, 2.75) is 19.4 Å². The summed E-state index contributed by atoms with van der Waals surface area (Å²) in [6, 6.07) is 4.78. The Kier molecular flexibility index (Phi) is 4.77. The number of nitrogens with two attached hydrogens (primary N) is 1. The van der Waals surface area contributed by atoms with Crippen LogP contribution in [0.4, 0.5) is 10.1 Å². The average molecular weight is 341 g/mol. The molecule has 2 rings (SSSR count). The van der Waals surface area contributed by atoms with E-state index in [2.05, 4.69) is 33.3 Å². The van der Waals surface area contributed by atoms with Crippen molar-refractivity contribution in [3.8, 4) is 0 Å². The summed E-state index contributed by atoms with van der Waals surface area (Å²) in [7, 11) is 1.89. The van der Waals surface area contributed by atoms with E-state index in [-0.39, 0.29) is 11.9 Å². The van der Waals surface area contributed by atoms with Crippen LogP contribution in [0.3, 0.4) is 0 Å². The molecule has 0 spiro atoms. The van der Waals surface area contributed by atoms with Gasteiger partial charge in [-0.1, -0.05) is 6.92 Å². The van der Waals surface area contributed by atoms with Crippen LogP contribution in [0.25, 0.3) is 0 Å². The topological polar surface area (TPSA) is 55.9 Å². The van der Waals surface area contributed by atoms with Crippen molar-refractivity contribution in [1.29, 1.82) is 0 Å². The van der Waals surface area contributed by atoms with E-state index in [1.165, 1.54) is 6.07 Å². The highest BCUT2D eigenvalue weighted by molar-refractivity contribution is 9.10. The minimum Gasteiger partial charge on any atom is -0.377 e. The summed E-state index contributed by atoms with van der Waals surface area (Å²) in [6.45, 7) is 2.50. The molecule has 1 aromatic carbocycles. The third kappa shape index (κ3) is 3.19. The Labute approximate surface area is 126 Å². The van der Waals surface area contributed by atoms with E-state index in [1.54, 1.807) is 16.8 Å². The van der Waals surface area contributed by atoms with Crippen LogP contribution in [-0.2, 0) is 13.5 Å². The molecule has 0 fully saturated rings. The number of aryl methyl sites for hydroxylation is 2. The zero-order valence-electron chi connectivity index (χ0n) is 11.5. The van der Waals surface area contributed by atoms with Crippen LogP contribution in [0, 0.1) is 5.82 Å². The van der Waals surface area contributed by atoms with E-state index in [4.69, 9.17) is 5.73 Å². The van der Waals surface area contributed by atoms with Crippen LogP contribution in [0.1, 0.15) is 24.2 Å². The molecule has 0 radical (unpaired) electrons. The zero-order chi connectivity index (χ0) is 14.7. The molecule has 108 valence electrons. The molecule has 0 amide bonds. The number of hydrogen-bond acceptors (Lipinski definition) is 3. The zero-order valence-corrected chi connectivity index (χ0v) is 13.1. The summed E-state index contributed by atoms with van der Waals surface area (Å²) in [5.74, 6) is -0.282. The summed E-state index contributed by atoms with van der Waals surface area (Å²) < 4.78 is 15.5. The minimum absolute atomic E-state index is 0.0454. The molecule has 0 aliphatic carbocycles. The van der Waals surface area contributed by atoms with Gasteiger partial charge in [0.1, 0.15) is 5.82 Å². The SMILES string of the molecule is CCc1nn(C)cc1C(CN)Nc1ccc(F)c(Br)c1.